The van der Waals surface area contributed by atoms with E-state index in [1.54, 1.807) is 5.57 Å². The van der Waals surface area contributed by atoms with E-state index in [1.165, 1.54) is 36.8 Å². The highest BCUT2D eigenvalue weighted by molar-refractivity contribution is 5.24. The Bertz CT molecular complexity index is 536. The summed E-state index contributed by atoms with van der Waals surface area (Å²) >= 11 is 0. The van der Waals surface area contributed by atoms with Gasteiger partial charge in [0.1, 0.15) is 0 Å². The molecule has 0 amide bonds. The van der Waals surface area contributed by atoms with Crippen molar-refractivity contribution in [1.82, 2.24) is 0 Å². The molecule has 0 fully saturated rings. The van der Waals surface area contributed by atoms with Crippen molar-refractivity contribution in [3.63, 3.8) is 0 Å². The molecule has 118 valence electrons. The second-order valence-electron chi connectivity index (χ2n) is 7.08. The van der Waals surface area contributed by atoms with Crippen LogP contribution in [0.3, 0.4) is 0 Å². The van der Waals surface area contributed by atoms with Crippen LogP contribution < -0.4 is 0 Å². The Morgan fingerprint density at radius 1 is 1.14 bits per heavy atom. The fourth-order valence-electron chi connectivity index (χ4n) is 3.52. The largest absolute Gasteiger partial charge is 0.376 e. The van der Waals surface area contributed by atoms with Crippen molar-refractivity contribution in [2.75, 3.05) is 6.61 Å². The summed E-state index contributed by atoms with van der Waals surface area (Å²) in [5, 5.41) is 0. The van der Waals surface area contributed by atoms with Gasteiger partial charge in [-0.1, -0.05) is 61.9 Å². The molecule has 0 heterocycles. The number of allylic oxidation sites excluding steroid dienone is 3. The quantitative estimate of drug-likeness (QED) is 0.640. The van der Waals surface area contributed by atoms with Crippen LogP contribution in [0.4, 0.5) is 0 Å². The molecule has 0 aliphatic heterocycles. The maximum absolute atomic E-state index is 5.96. The molecule has 0 saturated carbocycles. The Kier molecular flexibility index (Phi) is 5.15. The van der Waals surface area contributed by atoms with Crippen LogP contribution in [0.25, 0.3) is 0 Å². The first-order chi connectivity index (χ1) is 10.7. The van der Waals surface area contributed by atoms with E-state index in [-0.39, 0.29) is 0 Å². The molecule has 1 aromatic carbocycles. The molecule has 0 radical (unpaired) electrons. The lowest BCUT2D eigenvalue weighted by molar-refractivity contribution is 0.0976. The van der Waals surface area contributed by atoms with E-state index < -0.39 is 0 Å². The molecule has 2 unspecified atom stereocenters. The number of rotatable bonds is 5. The fraction of sp³-hybridized carbons (Fsp3) is 0.524. The smallest absolute Gasteiger partial charge is 0.0717 e. The van der Waals surface area contributed by atoms with Crippen LogP contribution in [0.1, 0.15) is 56.6 Å². The van der Waals surface area contributed by atoms with Crippen LogP contribution in [0, 0.1) is 11.8 Å². The second-order valence-corrected chi connectivity index (χ2v) is 7.08. The highest BCUT2D eigenvalue weighted by atomic mass is 16.5. The van der Waals surface area contributed by atoms with Gasteiger partial charge in [-0.05, 0) is 48.6 Å². The second kappa shape index (κ2) is 7.28. The Morgan fingerprint density at radius 2 is 1.95 bits per heavy atom. The van der Waals surface area contributed by atoms with E-state index in [1.807, 2.05) is 0 Å². The molecule has 1 heteroatoms. The standard InChI is InChI=1S/C21H28O/c1-16(2)19-10-7-17(8-11-19)14-22-15-18-9-12-20-5-3-4-6-21(20)13-18/h6-12,16,18,20H,3-5,13-15H2,1-2H3. The Balaban J connectivity index is 1.47. The summed E-state index contributed by atoms with van der Waals surface area (Å²) in [6.07, 6.45) is 12.4. The predicted octanol–water partition coefficient (Wildman–Crippen LogP) is 5.63. The van der Waals surface area contributed by atoms with Crippen LogP contribution in [0.2, 0.25) is 0 Å². The van der Waals surface area contributed by atoms with E-state index in [9.17, 15) is 0 Å². The molecule has 0 bridgehead atoms. The number of hydrogen-bond donors (Lipinski definition) is 0. The zero-order chi connectivity index (χ0) is 15.4. The third-order valence-electron chi connectivity index (χ3n) is 4.96. The van der Waals surface area contributed by atoms with E-state index >= 15 is 0 Å². The third-order valence-corrected chi connectivity index (χ3v) is 4.96. The SMILES string of the molecule is CC(C)c1ccc(COCC2C=CC3CCCC=C3C2)cc1. The molecular weight excluding hydrogens is 268 g/mol. The first kappa shape index (κ1) is 15.6. The highest BCUT2D eigenvalue weighted by Gasteiger charge is 2.22. The molecule has 1 aromatic rings. The highest BCUT2D eigenvalue weighted by Crippen LogP contribution is 2.35. The van der Waals surface area contributed by atoms with Gasteiger partial charge in [-0.2, -0.15) is 0 Å². The summed E-state index contributed by atoms with van der Waals surface area (Å²) in [5.74, 6) is 1.89. The maximum atomic E-state index is 5.96. The molecule has 0 spiro atoms. The van der Waals surface area contributed by atoms with Crippen molar-refractivity contribution in [3.8, 4) is 0 Å². The van der Waals surface area contributed by atoms with Gasteiger partial charge >= 0.3 is 0 Å². The van der Waals surface area contributed by atoms with Gasteiger partial charge in [0.25, 0.3) is 0 Å². The lowest BCUT2D eigenvalue weighted by atomic mass is 9.78. The first-order valence-electron chi connectivity index (χ1n) is 8.76. The summed E-state index contributed by atoms with van der Waals surface area (Å²) in [6.45, 7) is 6.03. The molecule has 22 heavy (non-hydrogen) atoms. The zero-order valence-electron chi connectivity index (χ0n) is 13.9. The van der Waals surface area contributed by atoms with Gasteiger partial charge in [0.05, 0.1) is 13.2 Å². The average molecular weight is 296 g/mol. The van der Waals surface area contributed by atoms with Crippen LogP contribution in [-0.4, -0.2) is 6.61 Å². The fourth-order valence-corrected chi connectivity index (χ4v) is 3.52. The first-order valence-corrected chi connectivity index (χ1v) is 8.76. The molecule has 0 saturated heterocycles. The van der Waals surface area contributed by atoms with Crippen molar-refractivity contribution in [2.45, 2.75) is 52.1 Å². The molecule has 0 aromatic heterocycles. The topological polar surface area (TPSA) is 9.23 Å². The van der Waals surface area contributed by atoms with Gasteiger partial charge < -0.3 is 4.74 Å². The maximum Gasteiger partial charge on any atom is 0.0717 e. The Hall–Kier alpha value is -1.34. The van der Waals surface area contributed by atoms with Crippen molar-refractivity contribution >= 4 is 0 Å². The summed E-state index contributed by atoms with van der Waals surface area (Å²) in [6, 6.07) is 8.85. The van der Waals surface area contributed by atoms with Crippen molar-refractivity contribution in [3.05, 3.63) is 59.2 Å². The minimum Gasteiger partial charge on any atom is -0.376 e. The van der Waals surface area contributed by atoms with Gasteiger partial charge in [0.15, 0.2) is 0 Å². The summed E-state index contributed by atoms with van der Waals surface area (Å²) in [7, 11) is 0. The van der Waals surface area contributed by atoms with E-state index in [0.29, 0.717) is 11.8 Å². The lowest BCUT2D eigenvalue weighted by Gasteiger charge is -2.29. The Morgan fingerprint density at radius 3 is 2.73 bits per heavy atom. The van der Waals surface area contributed by atoms with Gasteiger partial charge in [-0.3, -0.25) is 0 Å². The van der Waals surface area contributed by atoms with Gasteiger partial charge in [-0.25, -0.2) is 0 Å². The van der Waals surface area contributed by atoms with Crippen molar-refractivity contribution < 1.29 is 4.74 Å². The molecule has 0 N–H and O–H groups in total. The summed E-state index contributed by atoms with van der Waals surface area (Å²) in [5.41, 5.74) is 4.33. The van der Waals surface area contributed by atoms with Crippen LogP contribution >= 0.6 is 0 Å². The van der Waals surface area contributed by atoms with Crippen molar-refractivity contribution in [2.24, 2.45) is 11.8 Å². The van der Waals surface area contributed by atoms with E-state index in [0.717, 1.165) is 19.1 Å². The minimum absolute atomic E-state index is 0.565. The Labute approximate surface area is 135 Å². The molecule has 2 aliphatic carbocycles. The summed E-state index contributed by atoms with van der Waals surface area (Å²) in [4.78, 5) is 0. The van der Waals surface area contributed by atoms with Crippen LogP contribution in [0.5, 0.6) is 0 Å². The number of ether oxygens (including phenoxy) is 1. The van der Waals surface area contributed by atoms with Gasteiger partial charge in [0, 0.05) is 5.92 Å². The van der Waals surface area contributed by atoms with Crippen LogP contribution in [0.15, 0.2) is 48.1 Å². The van der Waals surface area contributed by atoms with E-state index in [2.05, 4.69) is 56.3 Å². The molecular formula is C21H28O. The predicted molar refractivity (Wildman–Crippen MR) is 92.9 cm³/mol. The molecule has 2 atom stereocenters. The monoisotopic (exact) mass is 296 g/mol. The lowest BCUT2D eigenvalue weighted by Crippen LogP contribution is -2.18. The average Bonchev–Trinajstić information content (AvgIpc) is 2.55. The van der Waals surface area contributed by atoms with Crippen molar-refractivity contribution in [1.29, 1.82) is 0 Å². The molecule has 1 nitrogen and oxygen atoms in total. The summed E-state index contributed by atoms with van der Waals surface area (Å²) < 4.78 is 5.96. The van der Waals surface area contributed by atoms with E-state index in [4.69, 9.17) is 4.74 Å². The minimum atomic E-state index is 0.565. The number of fused-ring (bicyclic) bond motifs is 1. The third kappa shape index (κ3) is 3.89. The molecule has 2 aliphatic rings. The number of benzene rings is 1. The van der Waals surface area contributed by atoms with Gasteiger partial charge in [0.2, 0.25) is 0 Å². The van der Waals surface area contributed by atoms with Gasteiger partial charge in [-0.15, -0.1) is 0 Å². The normalized spacial score (nSPS) is 24.2. The molecule has 3 rings (SSSR count). The van der Waals surface area contributed by atoms with Crippen LogP contribution in [-0.2, 0) is 11.3 Å². The number of hydrogen-bond acceptors (Lipinski definition) is 1. The zero-order valence-corrected chi connectivity index (χ0v) is 13.9.